The third-order valence-corrected chi connectivity index (χ3v) is 5.21. The molecular formula is C17H30N4O. The minimum Gasteiger partial charge on any atom is -0.381 e. The van der Waals surface area contributed by atoms with Gasteiger partial charge >= 0.3 is 0 Å². The van der Waals surface area contributed by atoms with Gasteiger partial charge in [0.2, 0.25) is 0 Å². The fourth-order valence-electron chi connectivity index (χ4n) is 3.78. The Morgan fingerprint density at radius 1 is 1.23 bits per heavy atom. The van der Waals surface area contributed by atoms with Crippen LogP contribution in [0.3, 0.4) is 0 Å². The fraction of sp³-hybridized carbons (Fsp3) is 0.824. The molecule has 2 fully saturated rings. The lowest BCUT2D eigenvalue weighted by molar-refractivity contribution is 0.0643. The monoisotopic (exact) mass is 306 g/mol. The molecule has 0 aromatic heterocycles. The summed E-state index contributed by atoms with van der Waals surface area (Å²) >= 11 is 0. The Bertz CT molecular complexity index is 395. The van der Waals surface area contributed by atoms with Crippen LogP contribution < -0.4 is 5.32 Å². The normalized spacial score (nSPS) is 27.8. The molecule has 0 amide bonds. The third kappa shape index (κ3) is 4.02. The number of guanidine groups is 1. The maximum absolute atomic E-state index is 5.43. The van der Waals surface area contributed by atoms with E-state index in [-0.39, 0.29) is 0 Å². The zero-order chi connectivity index (χ0) is 15.2. The molecule has 0 saturated carbocycles. The average Bonchev–Trinajstić information content (AvgIpc) is 3.23. The summed E-state index contributed by atoms with van der Waals surface area (Å²) in [4.78, 5) is 9.47. The number of hydrogen-bond acceptors (Lipinski definition) is 3. The highest BCUT2D eigenvalue weighted by atomic mass is 16.5. The van der Waals surface area contributed by atoms with Crippen LogP contribution in [0.25, 0.3) is 0 Å². The Morgan fingerprint density at radius 3 is 2.73 bits per heavy atom. The molecule has 0 radical (unpaired) electrons. The molecule has 5 heteroatoms. The van der Waals surface area contributed by atoms with Crippen LogP contribution in [0.15, 0.2) is 17.1 Å². The van der Waals surface area contributed by atoms with E-state index in [1.165, 1.54) is 25.7 Å². The third-order valence-electron chi connectivity index (χ3n) is 5.21. The lowest BCUT2D eigenvalue weighted by Gasteiger charge is -2.26. The number of rotatable bonds is 4. The van der Waals surface area contributed by atoms with Crippen molar-refractivity contribution >= 4 is 5.96 Å². The van der Waals surface area contributed by atoms with Gasteiger partial charge in [-0.3, -0.25) is 9.89 Å². The van der Waals surface area contributed by atoms with Gasteiger partial charge in [-0.25, -0.2) is 0 Å². The molecule has 3 aliphatic heterocycles. The number of nitrogens with zero attached hydrogens (tertiary/aromatic N) is 3. The number of aliphatic imine (C=N–C) groups is 1. The smallest absolute Gasteiger partial charge is 0.193 e. The highest BCUT2D eigenvalue weighted by molar-refractivity contribution is 5.80. The molecule has 5 nitrogen and oxygen atoms in total. The first-order valence-corrected chi connectivity index (χ1v) is 8.79. The topological polar surface area (TPSA) is 40.1 Å². The van der Waals surface area contributed by atoms with Gasteiger partial charge in [-0.2, -0.15) is 0 Å². The molecule has 1 N–H and O–H groups in total. The molecular weight excluding hydrogens is 276 g/mol. The van der Waals surface area contributed by atoms with Crippen molar-refractivity contribution in [1.29, 1.82) is 0 Å². The molecule has 0 bridgehead atoms. The number of hydrogen-bond donors (Lipinski definition) is 1. The summed E-state index contributed by atoms with van der Waals surface area (Å²) in [6.07, 6.45) is 9.48. The quantitative estimate of drug-likeness (QED) is 0.483. The van der Waals surface area contributed by atoms with Gasteiger partial charge in [0.05, 0.1) is 0 Å². The minimum atomic E-state index is 0.684. The van der Waals surface area contributed by atoms with Gasteiger partial charge in [-0.15, -0.1) is 0 Å². The second-order valence-corrected chi connectivity index (χ2v) is 6.63. The standard InChI is InChI=1S/C17H30N4O/c1-18-17(19-8-4-15-6-12-22-13-7-15)21-11-5-16(14-21)20-9-2-3-10-20/h2-3,15-16H,4-14H2,1H3,(H,18,19). The number of ether oxygens (including phenoxy) is 1. The summed E-state index contributed by atoms with van der Waals surface area (Å²) in [5, 5.41) is 3.57. The van der Waals surface area contributed by atoms with Crippen molar-refractivity contribution in [2.24, 2.45) is 10.9 Å². The van der Waals surface area contributed by atoms with Crippen LogP contribution in [0.4, 0.5) is 0 Å². The van der Waals surface area contributed by atoms with Crippen LogP contribution >= 0.6 is 0 Å². The van der Waals surface area contributed by atoms with Crippen LogP contribution in [-0.2, 0) is 4.74 Å². The van der Waals surface area contributed by atoms with Crippen LogP contribution in [0, 0.1) is 5.92 Å². The second-order valence-electron chi connectivity index (χ2n) is 6.63. The van der Waals surface area contributed by atoms with E-state index in [9.17, 15) is 0 Å². The van der Waals surface area contributed by atoms with Crippen molar-refractivity contribution in [3.8, 4) is 0 Å². The van der Waals surface area contributed by atoms with Gasteiger partial charge in [0, 0.05) is 59.0 Å². The van der Waals surface area contributed by atoms with Crippen molar-refractivity contribution in [1.82, 2.24) is 15.1 Å². The van der Waals surface area contributed by atoms with Crippen LogP contribution in [0.5, 0.6) is 0 Å². The first-order chi connectivity index (χ1) is 10.9. The molecule has 2 saturated heterocycles. The van der Waals surface area contributed by atoms with E-state index >= 15 is 0 Å². The minimum absolute atomic E-state index is 0.684. The predicted molar refractivity (Wildman–Crippen MR) is 90.2 cm³/mol. The number of likely N-dealkylation sites (tertiary alicyclic amines) is 1. The van der Waals surface area contributed by atoms with E-state index in [4.69, 9.17) is 4.74 Å². The Balaban J connectivity index is 1.40. The number of nitrogens with one attached hydrogen (secondary N) is 1. The maximum Gasteiger partial charge on any atom is 0.193 e. The molecule has 3 aliphatic rings. The first kappa shape index (κ1) is 15.8. The largest absolute Gasteiger partial charge is 0.381 e. The van der Waals surface area contributed by atoms with Crippen molar-refractivity contribution in [3.05, 3.63) is 12.2 Å². The second kappa shape index (κ2) is 7.97. The maximum atomic E-state index is 5.43. The molecule has 0 spiro atoms. The van der Waals surface area contributed by atoms with Gasteiger partial charge in [0.25, 0.3) is 0 Å². The van der Waals surface area contributed by atoms with E-state index in [1.807, 2.05) is 7.05 Å². The zero-order valence-corrected chi connectivity index (χ0v) is 13.8. The summed E-state index contributed by atoms with van der Waals surface area (Å²) in [5.41, 5.74) is 0. The Morgan fingerprint density at radius 2 is 2.00 bits per heavy atom. The van der Waals surface area contributed by atoms with Gasteiger partial charge in [-0.05, 0) is 31.6 Å². The van der Waals surface area contributed by atoms with Gasteiger partial charge in [-0.1, -0.05) is 12.2 Å². The van der Waals surface area contributed by atoms with Crippen LogP contribution in [0.1, 0.15) is 25.7 Å². The van der Waals surface area contributed by atoms with Gasteiger partial charge in [0.15, 0.2) is 5.96 Å². The molecule has 3 heterocycles. The summed E-state index contributed by atoms with van der Waals surface area (Å²) < 4.78 is 5.43. The van der Waals surface area contributed by atoms with Crippen LogP contribution in [-0.4, -0.2) is 74.8 Å². The lowest BCUT2D eigenvalue weighted by Crippen LogP contribution is -2.43. The van der Waals surface area contributed by atoms with Crippen molar-refractivity contribution < 1.29 is 4.74 Å². The van der Waals surface area contributed by atoms with Gasteiger partial charge in [0.1, 0.15) is 0 Å². The fourth-order valence-corrected chi connectivity index (χ4v) is 3.78. The zero-order valence-electron chi connectivity index (χ0n) is 13.8. The van der Waals surface area contributed by atoms with Gasteiger partial charge < -0.3 is 15.0 Å². The lowest BCUT2D eigenvalue weighted by atomic mass is 9.97. The molecule has 22 heavy (non-hydrogen) atoms. The highest BCUT2D eigenvalue weighted by Crippen LogP contribution is 2.19. The Labute approximate surface area is 134 Å². The Kier molecular flexibility index (Phi) is 5.73. The predicted octanol–water partition coefficient (Wildman–Crippen LogP) is 1.32. The van der Waals surface area contributed by atoms with E-state index in [0.717, 1.165) is 57.8 Å². The first-order valence-electron chi connectivity index (χ1n) is 8.79. The molecule has 124 valence electrons. The average molecular weight is 306 g/mol. The van der Waals surface area contributed by atoms with E-state index in [0.29, 0.717) is 6.04 Å². The SMILES string of the molecule is CN=C(NCCC1CCOCC1)N1CCC(N2CC=CC2)C1. The molecule has 1 unspecified atom stereocenters. The summed E-state index contributed by atoms with van der Waals surface area (Å²) in [6, 6.07) is 0.684. The summed E-state index contributed by atoms with van der Waals surface area (Å²) in [5.74, 6) is 1.91. The molecule has 0 aromatic carbocycles. The van der Waals surface area contributed by atoms with E-state index in [1.54, 1.807) is 0 Å². The van der Waals surface area contributed by atoms with Crippen LogP contribution in [0.2, 0.25) is 0 Å². The highest BCUT2D eigenvalue weighted by Gasteiger charge is 2.29. The van der Waals surface area contributed by atoms with Crippen molar-refractivity contribution in [2.45, 2.75) is 31.7 Å². The molecule has 0 aliphatic carbocycles. The van der Waals surface area contributed by atoms with E-state index in [2.05, 4.69) is 32.3 Å². The van der Waals surface area contributed by atoms with Crippen molar-refractivity contribution in [2.75, 3.05) is 53.0 Å². The summed E-state index contributed by atoms with van der Waals surface area (Å²) in [7, 11) is 1.90. The molecule has 0 aromatic rings. The summed E-state index contributed by atoms with van der Waals surface area (Å²) in [6.45, 7) is 7.39. The Hall–Kier alpha value is -1.07. The molecule has 3 rings (SSSR count). The van der Waals surface area contributed by atoms with E-state index < -0.39 is 0 Å². The molecule has 1 atom stereocenters. The van der Waals surface area contributed by atoms with Crippen molar-refractivity contribution in [3.63, 3.8) is 0 Å².